The summed E-state index contributed by atoms with van der Waals surface area (Å²) in [6, 6.07) is 13.5. The third-order valence-electron chi connectivity index (χ3n) is 4.66. The van der Waals surface area contributed by atoms with Crippen molar-refractivity contribution in [2.75, 3.05) is 17.1 Å². The van der Waals surface area contributed by atoms with Crippen molar-refractivity contribution in [1.29, 1.82) is 0 Å². The first-order valence-corrected chi connectivity index (χ1v) is 12.0. The van der Waals surface area contributed by atoms with E-state index in [1.807, 2.05) is 26.8 Å². The largest absolute Gasteiger partial charge is 0.350 e. The van der Waals surface area contributed by atoms with Gasteiger partial charge in [-0.3, -0.25) is 13.9 Å². The Morgan fingerprint density at radius 1 is 1.03 bits per heavy atom. The summed E-state index contributed by atoms with van der Waals surface area (Å²) in [5.74, 6) is -1.77. The average molecular weight is 464 g/mol. The lowest BCUT2D eigenvalue weighted by molar-refractivity contribution is -0.140. The lowest BCUT2D eigenvalue weighted by Crippen LogP contribution is -2.54. The molecule has 0 heterocycles. The Balaban J connectivity index is 2.39. The quantitative estimate of drug-likeness (QED) is 0.652. The number of hydrogen-bond donors (Lipinski definition) is 1. The van der Waals surface area contributed by atoms with Crippen LogP contribution in [0.4, 0.5) is 10.1 Å². The zero-order chi connectivity index (χ0) is 24.1. The highest BCUT2D eigenvalue weighted by Gasteiger charge is 2.32. The number of sulfonamides is 1. The molecular weight excluding hydrogens is 433 g/mol. The molecule has 32 heavy (non-hydrogen) atoms. The van der Waals surface area contributed by atoms with Crippen LogP contribution in [0.3, 0.4) is 0 Å². The molecule has 2 amide bonds. The van der Waals surface area contributed by atoms with Gasteiger partial charge in [0.05, 0.1) is 11.9 Å². The van der Waals surface area contributed by atoms with E-state index in [-0.39, 0.29) is 18.1 Å². The SMILES string of the molecule is C[C@@H](C(=O)NC(C)(C)C)N(Cc1ccccc1)C(=O)CN(c1ccccc1F)S(C)(=O)=O. The van der Waals surface area contributed by atoms with Gasteiger partial charge in [-0.15, -0.1) is 0 Å². The van der Waals surface area contributed by atoms with Crippen LogP contribution in [0.5, 0.6) is 0 Å². The predicted octanol–water partition coefficient (Wildman–Crippen LogP) is 2.92. The molecule has 1 N–H and O–H groups in total. The van der Waals surface area contributed by atoms with E-state index >= 15 is 0 Å². The predicted molar refractivity (Wildman–Crippen MR) is 123 cm³/mol. The third-order valence-corrected chi connectivity index (χ3v) is 5.79. The van der Waals surface area contributed by atoms with Crippen LogP contribution in [0.15, 0.2) is 54.6 Å². The van der Waals surface area contributed by atoms with Crippen molar-refractivity contribution < 1.29 is 22.4 Å². The Bertz CT molecular complexity index is 1050. The van der Waals surface area contributed by atoms with Gasteiger partial charge in [-0.05, 0) is 45.4 Å². The van der Waals surface area contributed by atoms with E-state index in [1.54, 1.807) is 31.2 Å². The molecule has 0 spiro atoms. The number of nitrogens with one attached hydrogen (secondary N) is 1. The molecule has 2 aromatic carbocycles. The lowest BCUT2D eigenvalue weighted by Gasteiger charge is -2.33. The Morgan fingerprint density at radius 2 is 1.59 bits per heavy atom. The number of carbonyl (C=O) groups is 2. The van der Waals surface area contributed by atoms with Gasteiger partial charge < -0.3 is 10.2 Å². The normalized spacial score (nSPS) is 12.7. The second-order valence-electron chi connectivity index (χ2n) is 8.64. The Hall–Kier alpha value is -2.94. The maximum atomic E-state index is 14.3. The molecule has 2 rings (SSSR count). The van der Waals surface area contributed by atoms with Crippen LogP contribution >= 0.6 is 0 Å². The molecule has 0 saturated carbocycles. The van der Waals surface area contributed by atoms with Crippen LogP contribution in [0.25, 0.3) is 0 Å². The van der Waals surface area contributed by atoms with Gasteiger partial charge in [0.25, 0.3) is 0 Å². The van der Waals surface area contributed by atoms with Crippen molar-refractivity contribution in [2.45, 2.75) is 45.8 Å². The molecule has 0 fully saturated rings. The fraction of sp³-hybridized carbons (Fsp3) is 0.391. The van der Waals surface area contributed by atoms with Crippen molar-refractivity contribution in [3.05, 3.63) is 66.0 Å². The second kappa shape index (κ2) is 10.1. The van der Waals surface area contributed by atoms with Gasteiger partial charge in [0, 0.05) is 12.1 Å². The first-order chi connectivity index (χ1) is 14.8. The Labute approximate surface area is 189 Å². The van der Waals surface area contributed by atoms with E-state index in [9.17, 15) is 22.4 Å². The molecule has 174 valence electrons. The van der Waals surface area contributed by atoms with Gasteiger partial charge in [0.1, 0.15) is 18.4 Å². The fourth-order valence-corrected chi connectivity index (χ4v) is 3.94. The summed E-state index contributed by atoms with van der Waals surface area (Å²) in [5, 5.41) is 2.84. The number of hydrogen-bond acceptors (Lipinski definition) is 4. The number of amides is 2. The van der Waals surface area contributed by atoms with E-state index in [0.717, 1.165) is 22.2 Å². The van der Waals surface area contributed by atoms with Crippen LogP contribution in [-0.2, 0) is 26.2 Å². The maximum absolute atomic E-state index is 14.3. The van der Waals surface area contributed by atoms with Crippen LogP contribution in [-0.4, -0.2) is 49.5 Å². The topological polar surface area (TPSA) is 86.8 Å². The number of halogens is 1. The number of carbonyl (C=O) groups excluding carboxylic acids is 2. The van der Waals surface area contributed by atoms with Gasteiger partial charge in [-0.1, -0.05) is 42.5 Å². The first-order valence-electron chi connectivity index (χ1n) is 10.2. The monoisotopic (exact) mass is 463 g/mol. The molecule has 7 nitrogen and oxygen atoms in total. The number of nitrogens with zero attached hydrogens (tertiary/aromatic N) is 2. The molecule has 0 aliphatic carbocycles. The van der Waals surface area contributed by atoms with Crippen molar-refractivity contribution in [3.8, 4) is 0 Å². The maximum Gasteiger partial charge on any atom is 0.244 e. The number of benzene rings is 2. The van der Waals surface area contributed by atoms with Gasteiger partial charge in [-0.25, -0.2) is 12.8 Å². The van der Waals surface area contributed by atoms with Gasteiger partial charge >= 0.3 is 0 Å². The van der Waals surface area contributed by atoms with E-state index in [2.05, 4.69) is 5.32 Å². The van der Waals surface area contributed by atoms with E-state index in [1.165, 1.54) is 23.1 Å². The second-order valence-corrected chi connectivity index (χ2v) is 10.6. The van der Waals surface area contributed by atoms with Crippen LogP contribution < -0.4 is 9.62 Å². The van der Waals surface area contributed by atoms with Crippen molar-refractivity contribution in [1.82, 2.24) is 10.2 Å². The molecule has 0 aliphatic rings. The highest BCUT2D eigenvalue weighted by Crippen LogP contribution is 2.22. The lowest BCUT2D eigenvalue weighted by atomic mass is 10.1. The van der Waals surface area contributed by atoms with Crippen LogP contribution in [0.2, 0.25) is 0 Å². The minimum absolute atomic E-state index is 0.0906. The highest BCUT2D eigenvalue weighted by molar-refractivity contribution is 7.92. The summed E-state index contributed by atoms with van der Waals surface area (Å²) in [4.78, 5) is 27.4. The molecule has 0 saturated heterocycles. The van der Waals surface area contributed by atoms with Gasteiger partial charge in [-0.2, -0.15) is 0 Å². The molecular formula is C23H30FN3O4S. The number of para-hydroxylation sites is 1. The zero-order valence-corrected chi connectivity index (χ0v) is 19.8. The molecule has 0 aromatic heterocycles. The van der Waals surface area contributed by atoms with E-state index in [4.69, 9.17) is 0 Å². The Morgan fingerprint density at radius 3 is 2.12 bits per heavy atom. The molecule has 2 aromatic rings. The molecule has 1 atom stereocenters. The smallest absolute Gasteiger partial charge is 0.244 e. The van der Waals surface area contributed by atoms with Crippen LogP contribution in [0, 0.1) is 5.82 Å². The standard InChI is InChI=1S/C23H30FN3O4S/c1-17(22(29)25-23(2,3)4)26(15-18-11-7-6-8-12-18)21(28)16-27(32(5,30)31)20-14-10-9-13-19(20)24/h6-14,17H,15-16H2,1-5H3,(H,25,29)/t17-/m0/s1. The zero-order valence-electron chi connectivity index (χ0n) is 19.0. The fourth-order valence-electron chi connectivity index (χ4n) is 3.09. The highest BCUT2D eigenvalue weighted by atomic mass is 32.2. The number of anilines is 1. The van der Waals surface area contributed by atoms with Gasteiger partial charge in [0.2, 0.25) is 21.8 Å². The molecule has 9 heteroatoms. The third kappa shape index (κ3) is 7.05. The summed E-state index contributed by atoms with van der Waals surface area (Å²) < 4.78 is 39.9. The molecule has 0 radical (unpaired) electrons. The molecule has 0 unspecified atom stereocenters. The first kappa shape index (κ1) is 25.3. The Kier molecular flexibility index (Phi) is 8.01. The minimum Gasteiger partial charge on any atom is -0.350 e. The summed E-state index contributed by atoms with van der Waals surface area (Å²) in [6.07, 6.45) is 0.907. The summed E-state index contributed by atoms with van der Waals surface area (Å²) in [7, 11) is -3.97. The average Bonchev–Trinajstić information content (AvgIpc) is 2.69. The summed E-state index contributed by atoms with van der Waals surface area (Å²) in [5.41, 5.74) is 0.0292. The van der Waals surface area contributed by atoms with Crippen molar-refractivity contribution in [2.24, 2.45) is 0 Å². The minimum atomic E-state index is -3.97. The van der Waals surface area contributed by atoms with Crippen molar-refractivity contribution in [3.63, 3.8) is 0 Å². The van der Waals surface area contributed by atoms with E-state index in [0.29, 0.717) is 0 Å². The molecule has 0 bridgehead atoms. The van der Waals surface area contributed by atoms with Gasteiger partial charge in [0.15, 0.2) is 0 Å². The number of rotatable bonds is 8. The summed E-state index contributed by atoms with van der Waals surface area (Å²) in [6.45, 7) is 6.50. The van der Waals surface area contributed by atoms with Crippen LogP contribution in [0.1, 0.15) is 33.3 Å². The van der Waals surface area contributed by atoms with Crippen molar-refractivity contribution >= 4 is 27.5 Å². The van der Waals surface area contributed by atoms with E-state index < -0.39 is 39.9 Å². The molecule has 0 aliphatic heterocycles. The summed E-state index contributed by atoms with van der Waals surface area (Å²) >= 11 is 0.